The Kier molecular flexibility index (Phi) is 4.24. The van der Waals surface area contributed by atoms with E-state index in [0.29, 0.717) is 11.5 Å². The third kappa shape index (κ3) is 3.15. The number of ether oxygens (including phenoxy) is 1. The molecule has 1 aliphatic rings. The standard InChI is InChI=1S/C13H13NO4S/c1-18-7-6-14-12(16)11(19-13(14)17)8-9-2-4-10(15)5-3-9/h2-5,8,15H,6-7H2,1H3/b11-8+. The van der Waals surface area contributed by atoms with Gasteiger partial charge in [-0.3, -0.25) is 14.5 Å². The summed E-state index contributed by atoms with van der Waals surface area (Å²) in [6.45, 7) is 0.582. The molecular formula is C13H13NO4S. The molecule has 0 aliphatic carbocycles. The minimum Gasteiger partial charge on any atom is -0.508 e. The van der Waals surface area contributed by atoms with Crippen LogP contribution in [0.4, 0.5) is 4.79 Å². The monoisotopic (exact) mass is 279 g/mol. The van der Waals surface area contributed by atoms with E-state index in [-0.39, 0.29) is 23.4 Å². The van der Waals surface area contributed by atoms with Crippen LogP contribution in [0.15, 0.2) is 29.2 Å². The largest absolute Gasteiger partial charge is 0.508 e. The molecule has 2 amide bonds. The fraction of sp³-hybridized carbons (Fsp3) is 0.231. The third-order valence-electron chi connectivity index (χ3n) is 2.58. The van der Waals surface area contributed by atoms with E-state index < -0.39 is 0 Å². The van der Waals surface area contributed by atoms with Crippen molar-refractivity contribution in [3.63, 3.8) is 0 Å². The van der Waals surface area contributed by atoms with Crippen molar-refractivity contribution in [3.05, 3.63) is 34.7 Å². The molecule has 6 heteroatoms. The number of imide groups is 1. The van der Waals surface area contributed by atoms with E-state index in [2.05, 4.69) is 0 Å². The Labute approximate surface area is 114 Å². The third-order valence-corrected chi connectivity index (χ3v) is 3.49. The molecule has 2 rings (SSSR count). The van der Waals surface area contributed by atoms with Gasteiger partial charge in [-0.05, 0) is 35.5 Å². The van der Waals surface area contributed by atoms with Gasteiger partial charge in [-0.15, -0.1) is 0 Å². The fourth-order valence-corrected chi connectivity index (χ4v) is 2.46. The summed E-state index contributed by atoms with van der Waals surface area (Å²) in [5.41, 5.74) is 0.759. The number of methoxy groups -OCH3 is 1. The first-order valence-electron chi connectivity index (χ1n) is 5.65. The van der Waals surface area contributed by atoms with Crippen LogP contribution in [0.5, 0.6) is 5.75 Å². The summed E-state index contributed by atoms with van der Waals surface area (Å²) in [6, 6.07) is 6.42. The van der Waals surface area contributed by atoms with E-state index in [9.17, 15) is 14.7 Å². The number of phenolic OH excluding ortho intramolecular Hbond substituents is 1. The second kappa shape index (κ2) is 5.90. The summed E-state index contributed by atoms with van der Waals surface area (Å²) in [4.78, 5) is 25.2. The summed E-state index contributed by atoms with van der Waals surface area (Å²) < 4.78 is 4.86. The van der Waals surface area contributed by atoms with Crippen LogP contribution in [-0.2, 0) is 9.53 Å². The molecule has 1 aromatic carbocycles. The Morgan fingerprint density at radius 3 is 2.63 bits per heavy atom. The van der Waals surface area contributed by atoms with E-state index >= 15 is 0 Å². The summed E-state index contributed by atoms with van der Waals surface area (Å²) in [7, 11) is 1.52. The van der Waals surface area contributed by atoms with Gasteiger partial charge in [0.25, 0.3) is 11.1 Å². The summed E-state index contributed by atoms with van der Waals surface area (Å²) >= 11 is 0.912. The Morgan fingerprint density at radius 1 is 1.32 bits per heavy atom. The van der Waals surface area contributed by atoms with Crippen molar-refractivity contribution in [1.82, 2.24) is 4.90 Å². The summed E-state index contributed by atoms with van der Waals surface area (Å²) in [6.07, 6.45) is 1.64. The lowest BCUT2D eigenvalue weighted by molar-refractivity contribution is -0.123. The number of thioether (sulfide) groups is 1. The molecule has 0 bridgehead atoms. The summed E-state index contributed by atoms with van der Waals surface area (Å²) in [5.74, 6) is -0.148. The van der Waals surface area contributed by atoms with Crippen molar-refractivity contribution in [2.75, 3.05) is 20.3 Å². The van der Waals surface area contributed by atoms with E-state index in [1.54, 1.807) is 18.2 Å². The lowest BCUT2D eigenvalue weighted by atomic mass is 10.2. The average molecular weight is 279 g/mol. The van der Waals surface area contributed by atoms with E-state index in [1.165, 1.54) is 24.1 Å². The molecule has 1 aromatic rings. The Balaban J connectivity index is 2.16. The van der Waals surface area contributed by atoms with Gasteiger partial charge in [0, 0.05) is 7.11 Å². The number of phenols is 1. The van der Waals surface area contributed by atoms with Gasteiger partial charge < -0.3 is 9.84 Å². The lowest BCUT2D eigenvalue weighted by Gasteiger charge is -2.10. The molecular weight excluding hydrogens is 266 g/mol. The van der Waals surface area contributed by atoms with E-state index in [1.807, 2.05) is 0 Å². The van der Waals surface area contributed by atoms with E-state index in [0.717, 1.165) is 17.3 Å². The molecule has 0 unspecified atom stereocenters. The van der Waals surface area contributed by atoms with Crippen LogP contribution in [0.25, 0.3) is 6.08 Å². The average Bonchev–Trinajstić information content (AvgIpc) is 2.65. The first kappa shape index (κ1) is 13.6. The maximum absolute atomic E-state index is 12.0. The minimum atomic E-state index is -0.305. The lowest BCUT2D eigenvalue weighted by Crippen LogP contribution is -2.31. The highest BCUT2D eigenvalue weighted by Gasteiger charge is 2.34. The van der Waals surface area contributed by atoms with Gasteiger partial charge in [-0.25, -0.2) is 0 Å². The second-order valence-electron chi connectivity index (χ2n) is 3.92. The molecule has 0 saturated carbocycles. The Bertz CT molecular complexity index is 524. The highest BCUT2D eigenvalue weighted by atomic mass is 32.2. The number of carbonyl (C=O) groups excluding carboxylic acids is 2. The SMILES string of the molecule is COCCN1C(=O)S/C(=C/c2ccc(O)cc2)C1=O. The van der Waals surface area contributed by atoms with Crippen molar-refractivity contribution in [3.8, 4) is 5.75 Å². The number of hydrogen-bond acceptors (Lipinski definition) is 5. The van der Waals surface area contributed by atoms with Crippen LogP contribution in [0, 0.1) is 0 Å². The summed E-state index contributed by atoms with van der Waals surface area (Å²) in [5, 5.41) is 8.90. The molecule has 1 aliphatic heterocycles. The number of nitrogens with zero attached hydrogens (tertiary/aromatic N) is 1. The van der Waals surface area contributed by atoms with Crippen molar-refractivity contribution in [2.24, 2.45) is 0 Å². The molecule has 100 valence electrons. The van der Waals surface area contributed by atoms with E-state index in [4.69, 9.17) is 4.74 Å². The van der Waals surface area contributed by atoms with Crippen molar-refractivity contribution >= 4 is 29.0 Å². The van der Waals surface area contributed by atoms with Crippen molar-refractivity contribution < 1.29 is 19.4 Å². The van der Waals surface area contributed by atoms with Gasteiger partial charge in [0.1, 0.15) is 5.75 Å². The molecule has 1 fully saturated rings. The second-order valence-corrected chi connectivity index (χ2v) is 4.91. The molecule has 0 atom stereocenters. The van der Waals surface area contributed by atoms with Gasteiger partial charge in [-0.2, -0.15) is 0 Å². The van der Waals surface area contributed by atoms with Gasteiger partial charge in [0.05, 0.1) is 18.1 Å². The zero-order chi connectivity index (χ0) is 13.8. The maximum atomic E-state index is 12.0. The number of benzene rings is 1. The van der Waals surface area contributed by atoms with Crippen molar-refractivity contribution in [1.29, 1.82) is 0 Å². The number of aromatic hydroxyl groups is 1. The predicted molar refractivity (Wildman–Crippen MR) is 72.7 cm³/mol. The van der Waals surface area contributed by atoms with Crippen molar-refractivity contribution in [2.45, 2.75) is 0 Å². The minimum absolute atomic E-state index is 0.158. The molecule has 1 saturated heterocycles. The molecule has 0 radical (unpaired) electrons. The molecule has 1 N–H and O–H groups in total. The molecule has 0 aromatic heterocycles. The number of carbonyl (C=O) groups is 2. The molecule has 5 nitrogen and oxygen atoms in total. The first-order valence-corrected chi connectivity index (χ1v) is 6.47. The molecule has 1 heterocycles. The highest BCUT2D eigenvalue weighted by molar-refractivity contribution is 8.18. The topological polar surface area (TPSA) is 66.8 Å². The smallest absolute Gasteiger partial charge is 0.293 e. The zero-order valence-electron chi connectivity index (χ0n) is 10.3. The maximum Gasteiger partial charge on any atom is 0.293 e. The first-order chi connectivity index (χ1) is 9.11. The fourth-order valence-electron chi connectivity index (χ4n) is 1.60. The van der Waals surface area contributed by atoms with Crippen LogP contribution in [0.3, 0.4) is 0 Å². The van der Waals surface area contributed by atoms with Crippen LogP contribution in [-0.4, -0.2) is 41.4 Å². The quantitative estimate of drug-likeness (QED) is 0.855. The van der Waals surface area contributed by atoms with Gasteiger partial charge >= 0.3 is 0 Å². The van der Waals surface area contributed by atoms with Gasteiger partial charge in [0.2, 0.25) is 0 Å². The number of amides is 2. The van der Waals surface area contributed by atoms with Gasteiger partial charge in [0.15, 0.2) is 0 Å². The van der Waals surface area contributed by atoms with Gasteiger partial charge in [-0.1, -0.05) is 12.1 Å². The normalized spacial score (nSPS) is 17.5. The number of rotatable bonds is 4. The zero-order valence-corrected chi connectivity index (χ0v) is 11.1. The van der Waals surface area contributed by atoms with Crippen LogP contribution in [0.1, 0.15) is 5.56 Å². The predicted octanol–water partition coefficient (Wildman–Crippen LogP) is 2.07. The Morgan fingerprint density at radius 2 is 2.00 bits per heavy atom. The van der Waals surface area contributed by atoms with Crippen LogP contribution in [0.2, 0.25) is 0 Å². The Hall–Kier alpha value is -1.79. The highest BCUT2D eigenvalue weighted by Crippen LogP contribution is 2.32. The molecule has 0 spiro atoms. The van der Waals surface area contributed by atoms with Crippen LogP contribution >= 0.6 is 11.8 Å². The molecule has 19 heavy (non-hydrogen) atoms. The number of hydrogen-bond donors (Lipinski definition) is 1. The van der Waals surface area contributed by atoms with Crippen LogP contribution < -0.4 is 0 Å².